The van der Waals surface area contributed by atoms with Crippen molar-refractivity contribution in [1.29, 1.82) is 0 Å². The summed E-state index contributed by atoms with van der Waals surface area (Å²) in [4.78, 5) is 22.2. The normalized spacial score (nSPS) is 12.2. The largest absolute Gasteiger partial charge is 0.332 e. The van der Waals surface area contributed by atoms with Gasteiger partial charge in [0.15, 0.2) is 0 Å². The summed E-state index contributed by atoms with van der Waals surface area (Å²) in [6.07, 6.45) is 1.58. The predicted octanol–water partition coefficient (Wildman–Crippen LogP) is 5.62. The van der Waals surface area contributed by atoms with Crippen LogP contribution in [-0.2, 0) is 27.9 Å². The second-order valence-corrected chi connectivity index (χ2v) is 13.0. The van der Waals surface area contributed by atoms with E-state index >= 15 is 0 Å². The molecule has 6 nitrogen and oxygen atoms in total. The van der Waals surface area contributed by atoms with E-state index in [9.17, 15) is 13.2 Å². The summed E-state index contributed by atoms with van der Waals surface area (Å²) in [6, 6.07) is 22.5. The minimum Gasteiger partial charge on any atom is -0.332 e. The molecule has 0 atom stereocenters. The van der Waals surface area contributed by atoms with Crippen LogP contribution >= 0.6 is 11.3 Å². The van der Waals surface area contributed by atoms with E-state index < -0.39 is 15.6 Å². The lowest BCUT2D eigenvalue weighted by Gasteiger charge is -2.35. The van der Waals surface area contributed by atoms with Crippen LogP contribution in [0.1, 0.15) is 36.1 Å². The van der Waals surface area contributed by atoms with Gasteiger partial charge in [0.1, 0.15) is 4.90 Å². The fraction of sp³-hybridized carbons (Fsp3) is 0.286. The van der Waals surface area contributed by atoms with E-state index in [1.165, 1.54) is 9.18 Å². The first kappa shape index (κ1) is 26.0. The number of amides is 1. The number of carbonyl (C=O) groups excluding carboxylic acids is 1. The third-order valence-electron chi connectivity index (χ3n) is 5.90. The van der Waals surface area contributed by atoms with E-state index in [-0.39, 0.29) is 17.3 Å². The molecule has 36 heavy (non-hydrogen) atoms. The van der Waals surface area contributed by atoms with Gasteiger partial charge in [-0.3, -0.25) is 9.78 Å². The zero-order valence-electron chi connectivity index (χ0n) is 21.0. The van der Waals surface area contributed by atoms with Gasteiger partial charge < -0.3 is 4.90 Å². The molecule has 8 heteroatoms. The van der Waals surface area contributed by atoms with Crippen molar-refractivity contribution in [2.24, 2.45) is 0 Å². The molecule has 0 aliphatic rings. The van der Waals surface area contributed by atoms with Crippen molar-refractivity contribution in [2.75, 3.05) is 6.54 Å². The number of fused-ring (bicyclic) bond motifs is 1. The lowest BCUT2D eigenvalue weighted by molar-refractivity contribution is -0.133. The van der Waals surface area contributed by atoms with E-state index in [0.717, 1.165) is 15.8 Å². The molecule has 0 spiro atoms. The van der Waals surface area contributed by atoms with Crippen LogP contribution in [0.3, 0.4) is 0 Å². The predicted molar refractivity (Wildman–Crippen MR) is 145 cm³/mol. The van der Waals surface area contributed by atoms with Crippen LogP contribution in [0.15, 0.2) is 83.9 Å². The Labute approximate surface area is 217 Å². The van der Waals surface area contributed by atoms with Gasteiger partial charge in [0, 0.05) is 33.4 Å². The third kappa shape index (κ3) is 5.83. The SMILES string of the molecule is Cc1ccc(CN(Cc2ccccc2)C(=O)CN(C(C)(C)C)S(=O)(=O)c2cccc3cccnc23)s1. The molecule has 4 rings (SSSR count). The number of carbonyl (C=O) groups is 1. The molecule has 0 aliphatic carbocycles. The molecule has 0 N–H and O–H groups in total. The molecule has 4 aromatic rings. The number of para-hydroxylation sites is 1. The summed E-state index contributed by atoms with van der Waals surface area (Å²) >= 11 is 1.64. The highest BCUT2D eigenvalue weighted by Gasteiger charge is 2.37. The standard InChI is InChI=1S/C28H31N3O3S2/c1-21-15-16-24(35-21)19-30(18-22-10-6-5-7-11-22)26(32)20-31(28(2,3)4)36(33,34)25-14-8-12-23-13-9-17-29-27(23)25/h5-17H,18-20H2,1-4H3. The Morgan fingerprint density at radius 1 is 0.917 bits per heavy atom. The fourth-order valence-electron chi connectivity index (χ4n) is 4.10. The van der Waals surface area contributed by atoms with Crippen LogP contribution in [0.4, 0.5) is 0 Å². The van der Waals surface area contributed by atoms with Crippen LogP contribution in [-0.4, -0.2) is 40.6 Å². The van der Waals surface area contributed by atoms with Gasteiger partial charge in [-0.05, 0) is 57.5 Å². The van der Waals surface area contributed by atoms with Crippen molar-refractivity contribution in [3.63, 3.8) is 0 Å². The minimum atomic E-state index is -4.03. The van der Waals surface area contributed by atoms with Crippen molar-refractivity contribution in [2.45, 2.75) is 51.2 Å². The van der Waals surface area contributed by atoms with Crippen LogP contribution < -0.4 is 0 Å². The summed E-state index contributed by atoms with van der Waals surface area (Å²) in [7, 11) is -4.03. The Morgan fingerprint density at radius 3 is 2.31 bits per heavy atom. The van der Waals surface area contributed by atoms with E-state index in [1.54, 1.807) is 61.4 Å². The number of hydrogen-bond acceptors (Lipinski definition) is 5. The van der Waals surface area contributed by atoms with Crippen molar-refractivity contribution in [3.05, 3.63) is 94.3 Å². The summed E-state index contributed by atoms with van der Waals surface area (Å²) in [5, 5.41) is 0.734. The van der Waals surface area contributed by atoms with Crippen LogP contribution in [0.5, 0.6) is 0 Å². The Bertz CT molecular complexity index is 1450. The summed E-state index contributed by atoms with van der Waals surface area (Å²) < 4.78 is 29.3. The number of sulfonamides is 1. The van der Waals surface area contributed by atoms with Gasteiger partial charge in [-0.2, -0.15) is 4.31 Å². The lowest BCUT2D eigenvalue weighted by Crippen LogP contribution is -2.50. The maximum atomic E-state index is 14.0. The fourth-order valence-corrected chi connectivity index (χ4v) is 6.91. The van der Waals surface area contributed by atoms with Crippen molar-refractivity contribution in [1.82, 2.24) is 14.2 Å². The molecule has 0 fully saturated rings. The molecule has 0 bridgehead atoms. The first-order valence-electron chi connectivity index (χ1n) is 11.8. The molecule has 2 heterocycles. The van der Waals surface area contributed by atoms with Crippen molar-refractivity contribution in [3.8, 4) is 0 Å². The zero-order valence-corrected chi connectivity index (χ0v) is 22.6. The Kier molecular flexibility index (Phi) is 7.59. The number of aryl methyl sites for hydroxylation is 1. The second-order valence-electron chi connectivity index (χ2n) is 9.76. The van der Waals surface area contributed by atoms with Gasteiger partial charge in [0.2, 0.25) is 15.9 Å². The molecule has 0 radical (unpaired) electrons. The van der Waals surface area contributed by atoms with Gasteiger partial charge in [0.25, 0.3) is 0 Å². The highest BCUT2D eigenvalue weighted by molar-refractivity contribution is 7.89. The molecule has 0 unspecified atom stereocenters. The molecular weight excluding hydrogens is 490 g/mol. The maximum absolute atomic E-state index is 14.0. The molecule has 2 aromatic carbocycles. The number of pyridine rings is 1. The van der Waals surface area contributed by atoms with Gasteiger partial charge in [-0.15, -0.1) is 11.3 Å². The van der Waals surface area contributed by atoms with Crippen molar-refractivity contribution < 1.29 is 13.2 Å². The minimum absolute atomic E-state index is 0.104. The number of benzene rings is 2. The van der Waals surface area contributed by atoms with Gasteiger partial charge in [0.05, 0.1) is 18.6 Å². The van der Waals surface area contributed by atoms with Crippen molar-refractivity contribution >= 4 is 38.2 Å². The van der Waals surface area contributed by atoms with Crippen LogP contribution in [0.25, 0.3) is 10.9 Å². The Morgan fingerprint density at radius 2 is 1.64 bits per heavy atom. The molecule has 0 saturated heterocycles. The zero-order chi connectivity index (χ0) is 25.9. The average molecular weight is 522 g/mol. The quantitative estimate of drug-likeness (QED) is 0.302. The number of rotatable bonds is 8. The smallest absolute Gasteiger partial charge is 0.246 e. The van der Waals surface area contributed by atoms with E-state index in [2.05, 4.69) is 4.98 Å². The summed E-state index contributed by atoms with van der Waals surface area (Å²) in [5.41, 5.74) is 0.558. The number of nitrogens with zero attached hydrogens (tertiary/aromatic N) is 3. The average Bonchev–Trinajstić information content (AvgIpc) is 3.25. The monoisotopic (exact) mass is 521 g/mol. The highest BCUT2D eigenvalue weighted by Crippen LogP contribution is 2.29. The number of thiophene rings is 1. The number of aromatic nitrogens is 1. The van der Waals surface area contributed by atoms with Gasteiger partial charge >= 0.3 is 0 Å². The van der Waals surface area contributed by atoms with Gasteiger partial charge in [-0.25, -0.2) is 8.42 Å². The highest BCUT2D eigenvalue weighted by atomic mass is 32.2. The topological polar surface area (TPSA) is 70.6 Å². The lowest BCUT2D eigenvalue weighted by atomic mass is 10.1. The van der Waals surface area contributed by atoms with E-state index in [0.29, 0.717) is 18.6 Å². The Hall–Kier alpha value is -3.07. The maximum Gasteiger partial charge on any atom is 0.246 e. The number of hydrogen-bond donors (Lipinski definition) is 0. The first-order chi connectivity index (χ1) is 17.1. The molecule has 188 valence electrons. The van der Waals surface area contributed by atoms with E-state index in [4.69, 9.17) is 0 Å². The Balaban J connectivity index is 1.69. The molecule has 1 amide bonds. The van der Waals surface area contributed by atoms with Crippen LogP contribution in [0.2, 0.25) is 0 Å². The third-order valence-corrected chi connectivity index (χ3v) is 9.03. The molecule has 0 aliphatic heterocycles. The van der Waals surface area contributed by atoms with Crippen LogP contribution in [0, 0.1) is 6.92 Å². The molecule has 0 saturated carbocycles. The molecular formula is C28H31N3O3S2. The molecule has 2 aromatic heterocycles. The van der Waals surface area contributed by atoms with E-state index in [1.807, 2.05) is 61.5 Å². The first-order valence-corrected chi connectivity index (χ1v) is 14.0. The second kappa shape index (κ2) is 10.5. The summed E-state index contributed by atoms with van der Waals surface area (Å²) in [5.74, 6) is -0.253. The summed E-state index contributed by atoms with van der Waals surface area (Å²) in [6.45, 7) is 7.99. The van der Waals surface area contributed by atoms with Gasteiger partial charge in [-0.1, -0.05) is 48.5 Å².